The van der Waals surface area contributed by atoms with Crippen molar-refractivity contribution in [2.75, 3.05) is 7.05 Å². The van der Waals surface area contributed by atoms with E-state index in [1.54, 1.807) is 11.9 Å². The van der Waals surface area contributed by atoms with Gasteiger partial charge < -0.3 is 9.64 Å². The predicted octanol–water partition coefficient (Wildman–Crippen LogP) is 3.63. The van der Waals surface area contributed by atoms with Crippen molar-refractivity contribution in [3.8, 4) is 0 Å². The Balaban J connectivity index is 1.69. The van der Waals surface area contributed by atoms with Crippen molar-refractivity contribution in [3.63, 3.8) is 0 Å². The molecule has 0 aromatic heterocycles. The molecule has 0 radical (unpaired) electrons. The van der Waals surface area contributed by atoms with Crippen molar-refractivity contribution in [2.45, 2.75) is 44.5 Å². The zero-order valence-corrected chi connectivity index (χ0v) is 16.9. The molecule has 6 heteroatoms. The summed E-state index contributed by atoms with van der Waals surface area (Å²) >= 11 is 0. The number of carbonyl (C=O) groups excluding carboxylic acids is 2. The lowest BCUT2D eigenvalue weighted by Gasteiger charge is -2.26. The third-order valence-electron chi connectivity index (χ3n) is 5.78. The Kier molecular flexibility index (Phi) is 5.09. The number of carbonyl (C=O) groups is 2. The molecule has 1 saturated heterocycles. The van der Waals surface area contributed by atoms with Gasteiger partial charge in [-0.2, -0.15) is 0 Å². The molecule has 29 heavy (non-hydrogen) atoms. The quantitative estimate of drug-likeness (QED) is 0.799. The van der Waals surface area contributed by atoms with Gasteiger partial charge in [0.15, 0.2) is 6.04 Å². The van der Waals surface area contributed by atoms with Crippen molar-refractivity contribution >= 4 is 17.8 Å². The van der Waals surface area contributed by atoms with E-state index in [9.17, 15) is 9.59 Å². The first kappa shape index (κ1) is 19.2. The van der Waals surface area contributed by atoms with E-state index in [-0.39, 0.29) is 30.1 Å². The highest BCUT2D eigenvalue weighted by atomic mass is 16.5. The first-order chi connectivity index (χ1) is 14.0. The van der Waals surface area contributed by atoms with E-state index in [1.807, 2.05) is 74.5 Å². The van der Waals surface area contributed by atoms with Crippen LogP contribution >= 0.6 is 0 Å². The molecule has 6 nitrogen and oxygen atoms in total. The number of likely N-dealkylation sites (N-methyl/N-ethyl adjacent to an activating group) is 1. The molecular formula is C23H25N3O3. The van der Waals surface area contributed by atoms with Crippen LogP contribution in [-0.2, 0) is 9.53 Å². The minimum Gasteiger partial charge on any atom is -0.471 e. The SMILES string of the molecule is CC[C@@H]1OC(c2ccccc2)=N[C@H]1C(=O)N1C(=O)N(C)[C@@H](C)[C@H]1c1ccccc1. The molecule has 0 aliphatic carbocycles. The minimum atomic E-state index is -0.732. The lowest BCUT2D eigenvalue weighted by Crippen LogP contribution is -2.45. The molecule has 0 bridgehead atoms. The average molecular weight is 391 g/mol. The Morgan fingerprint density at radius 2 is 1.69 bits per heavy atom. The summed E-state index contributed by atoms with van der Waals surface area (Å²) in [6.07, 6.45) is 0.239. The van der Waals surface area contributed by atoms with Crippen molar-refractivity contribution < 1.29 is 14.3 Å². The first-order valence-corrected chi connectivity index (χ1v) is 9.97. The summed E-state index contributed by atoms with van der Waals surface area (Å²) in [5.41, 5.74) is 1.77. The average Bonchev–Trinajstić information content (AvgIpc) is 3.30. The van der Waals surface area contributed by atoms with Crippen LogP contribution in [0.1, 0.15) is 37.4 Å². The van der Waals surface area contributed by atoms with Gasteiger partial charge in [-0.25, -0.2) is 9.79 Å². The van der Waals surface area contributed by atoms with E-state index >= 15 is 0 Å². The molecule has 2 aromatic rings. The zero-order valence-electron chi connectivity index (χ0n) is 16.9. The van der Waals surface area contributed by atoms with Crippen LogP contribution in [0, 0.1) is 0 Å². The predicted molar refractivity (Wildman–Crippen MR) is 111 cm³/mol. The molecule has 0 unspecified atom stereocenters. The number of rotatable bonds is 4. The number of urea groups is 1. The number of hydrogen-bond donors (Lipinski definition) is 0. The number of imide groups is 1. The van der Waals surface area contributed by atoms with Crippen molar-refractivity contribution in [1.29, 1.82) is 0 Å². The third-order valence-corrected chi connectivity index (χ3v) is 5.78. The lowest BCUT2D eigenvalue weighted by atomic mass is 9.99. The number of nitrogens with zero attached hydrogens (tertiary/aromatic N) is 3. The zero-order chi connectivity index (χ0) is 20.5. The molecule has 0 N–H and O–H groups in total. The second kappa shape index (κ2) is 7.70. The number of hydrogen-bond acceptors (Lipinski definition) is 4. The van der Waals surface area contributed by atoms with E-state index in [1.165, 1.54) is 4.90 Å². The van der Waals surface area contributed by atoms with E-state index in [4.69, 9.17) is 4.74 Å². The first-order valence-electron chi connectivity index (χ1n) is 9.97. The van der Waals surface area contributed by atoms with Gasteiger partial charge in [-0.15, -0.1) is 0 Å². The Morgan fingerprint density at radius 3 is 2.31 bits per heavy atom. The Morgan fingerprint density at radius 1 is 1.07 bits per heavy atom. The van der Waals surface area contributed by atoms with Gasteiger partial charge in [0.05, 0.1) is 12.1 Å². The minimum absolute atomic E-state index is 0.131. The summed E-state index contributed by atoms with van der Waals surface area (Å²) in [4.78, 5) is 34.1. The maximum atomic E-state index is 13.6. The summed E-state index contributed by atoms with van der Waals surface area (Å²) in [7, 11) is 1.73. The number of amides is 3. The van der Waals surface area contributed by atoms with Crippen LogP contribution < -0.4 is 0 Å². The highest BCUT2D eigenvalue weighted by Crippen LogP contribution is 2.36. The fourth-order valence-corrected chi connectivity index (χ4v) is 4.03. The molecule has 150 valence electrons. The molecule has 2 aliphatic heterocycles. The van der Waals surface area contributed by atoms with Crippen LogP contribution in [-0.4, -0.2) is 52.9 Å². The molecular weight excluding hydrogens is 366 g/mol. The molecule has 3 amide bonds. The van der Waals surface area contributed by atoms with Gasteiger partial charge in [0.25, 0.3) is 5.91 Å². The van der Waals surface area contributed by atoms with Crippen molar-refractivity contribution in [1.82, 2.24) is 9.80 Å². The van der Waals surface area contributed by atoms with Crippen LogP contribution in [0.15, 0.2) is 65.7 Å². The Bertz CT molecular complexity index is 929. The molecule has 2 aliphatic rings. The number of aliphatic imine (C=N–C) groups is 1. The largest absolute Gasteiger partial charge is 0.471 e. The van der Waals surface area contributed by atoms with Gasteiger partial charge in [-0.3, -0.25) is 9.69 Å². The fraction of sp³-hybridized carbons (Fsp3) is 0.348. The van der Waals surface area contributed by atoms with Gasteiger partial charge in [0.2, 0.25) is 5.90 Å². The van der Waals surface area contributed by atoms with Crippen LogP contribution in [0.2, 0.25) is 0 Å². The molecule has 2 heterocycles. The van der Waals surface area contributed by atoms with Crippen LogP contribution in [0.5, 0.6) is 0 Å². The highest BCUT2D eigenvalue weighted by molar-refractivity contribution is 6.03. The summed E-state index contributed by atoms with van der Waals surface area (Å²) in [5, 5.41) is 0. The van der Waals surface area contributed by atoms with Crippen molar-refractivity contribution in [3.05, 3.63) is 71.8 Å². The van der Waals surface area contributed by atoms with E-state index in [0.29, 0.717) is 12.3 Å². The molecule has 4 rings (SSSR count). The molecule has 0 saturated carbocycles. The molecule has 4 atom stereocenters. The van der Waals surface area contributed by atoms with Crippen LogP contribution in [0.4, 0.5) is 4.79 Å². The van der Waals surface area contributed by atoms with Crippen molar-refractivity contribution in [2.24, 2.45) is 4.99 Å². The standard InChI is InChI=1S/C23H25N3O3/c1-4-18-19(24-21(29-18)17-13-9-6-10-14-17)22(27)26-20(15(2)25(3)23(26)28)16-11-7-5-8-12-16/h5-15,18-20H,4H2,1-3H3/t15-,18-,19+,20-/m0/s1. The number of ether oxygens (including phenoxy) is 1. The molecule has 1 fully saturated rings. The molecule has 2 aromatic carbocycles. The van der Waals surface area contributed by atoms with Gasteiger partial charge in [-0.1, -0.05) is 55.5 Å². The van der Waals surface area contributed by atoms with E-state index < -0.39 is 6.04 Å². The highest BCUT2D eigenvalue weighted by Gasteiger charge is 2.50. The number of benzene rings is 2. The smallest absolute Gasteiger partial charge is 0.327 e. The Hall–Kier alpha value is -3.15. The van der Waals surface area contributed by atoms with E-state index in [2.05, 4.69) is 4.99 Å². The summed E-state index contributed by atoms with van der Waals surface area (Å²) in [6, 6.07) is 17.7. The summed E-state index contributed by atoms with van der Waals surface area (Å²) in [6.45, 7) is 3.92. The second-order valence-electron chi connectivity index (χ2n) is 7.51. The normalized spacial score (nSPS) is 26.4. The fourth-order valence-electron chi connectivity index (χ4n) is 4.03. The maximum absolute atomic E-state index is 13.6. The molecule has 0 spiro atoms. The van der Waals surface area contributed by atoms with Gasteiger partial charge >= 0.3 is 6.03 Å². The van der Waals surface area contributed by atoms with Gasteiger partial charge in [0.1, 0.15) is 6.10 Å². The van der Waals surface area contributed by atoms with Gasteiger partial charge in [0, 0.05) is 12.6 Å². The topological polar surface area (TPSA) is 62.2 Å². The van der Waals surface area contributed by atoms with Gasteiger partial charge in [-0.05, 0) is 31.0 Å². The summed E-state index contributed by atoms with van der Waals surface area (Å²) < 4.78 is 6.00. The summed E-state index contributed by atoms with van der Waals surface area (Å²) in [5.74, 6) is 0.151. The monoisotopic (exact) mass is 391 g/mol. The third kappa shape index (κ3) is 3.28. The van der Waals surface area contributed by atoms with Crippen LogP contribution in [0.3, 0.4) is 0 Å². The van der Waals surface area contributed by atoms with Crippen LogP contribution in [0.25, 0.3) is 0 Å². The second-order valence-corrected chi connectivity index (χ2v) is 7.51. The maximum Gasteiger partial charge on any atom is 0.327 e. The van der Waals surface area contributed by atoms with E-state index in [0.717, 1.165) is 11.1 Å². The lowest BCUT2D eigenvalue weighted by molar-refractivity contribution is -0.132. The Labute approximate surface area is 170 Å².